The van der Waals surface area contributed by atoms with Crippen LogP contribution in [0.2, 0.25) is 0 Å². The van der Waals surface area contributed by atoms with Crippen LogP contribution in [0.1, 0.15) is 0 Å². The molecule has 12 N–H and O–H groups in total. The van der Waals surface area contributed by atoms with Crippen LogP contribution in [0.15, 0.2) is 0 Å². The van der Waals surface area contributed by atoms with Crippen molar-refractivity contribution in [2.75, 3.05) is 39.3 Å². The Bertz CT molecular complexity index is 327. The first-order valence-corrected chi connectivity index (χ1v) is 5.52. The van der Waals surface area contributed by atoms with Crippen LogP contribution in [0, 0.1) is 0 Å². The molecule has 13 heteroatoms. The minimum atomic E-state index is -1.23. The van der Waals surface area contributed by atoms with Gasteiger partial charge < -0.3 is 32.7 Å². The van der Waals surface area contributed by atoms with Gasteiger partial charge in [0, 0.05) is 30.2 Å². The number of rotatable bonds is 11. The third-order valence-electron chi connectivity index (χ3n) is 2.17. The number of quaternary nitrogens is 2. The van der Waals surface area contributed by atoms with Crippen molar-refractivity contribution >= 4 is 23.9 Å². The Balaban J connectivity index is -0.000000602. The third-order valence-corrected chi connectivity index (χ3v) is 2.17. The van der Waals surface area contributed by atoms with E-state index < -0.39 is 50.1 Å². The van der Waals surface area contributed by atoms with Gasteiger partial charge in [-0.3, -0.25) is 29.0 Å². The fraction of sp³-hybridized carbons (Fsp3) is 0.600. The molecular weight excluding hydrogens is 360 g/mol. The van der Waals surface area contributed by atoms with Crippen LogP contribution in [-0.2, 0) is 36.2 Å². The molecular formula is C10H24FeN4O8+2. The minimum Gasteiger partial charge on any atom is -0.480 e. The molecule has 0 fully saturated rings. The molecule has 0 aliphatic rings. The molecule has 0 bridgehead atoms. The van der Waals surface area contributed by atoms with Gasteiger partial charge in [0.1, 0.15) is 0 Å². The Kier molecular flexibility index (Phi) is 19.3. The summed E-state index contributed by atoms with van der Waals surface area (Å²) in [6.45, 7) is -2.25. The first-order chi connectivity index (χ1) is 9.20. The summed E-state index contributed by atoms with van der Waals surface area (Å²) in [6, 6.07) is 0. The maximum absolute atomic E-state index is 10.6. The van der Waals surface area contributed by atoms with Gasteiger partial charge in [-0.05, 0) is 0 Å². The van der Waals surface area contributed by atoms with Crippen LogP contribution in [0.25, 0.3) is 0 Å². The van der Waals surface area contributed by atoms with Crippen molar-refractivity contribution in [3.63, 3.8) is 0 Å². The van der Waals surface area contributed by atoms with E-state index in [0.717, 1.165) is 9.80 Å². The molecule has 0 aliphatic carbocycles. The Morgan fingerprint density at radius 3 is 0.870 bits per heavy atom. The average Bonchev–Trinajstić information content (AvgIpc) is 2.22. The predicted octanol–water partition coefficient (Wildman–Crippen LogP) is -1.32. The number of aliphatic carboxylic acids is 4. The fourth-order valence-electron chi connectivity index (χ4n) is 1.48. The van der Waals surface area contributed by atoms with E-state index in [0.29, 0.717) is 0 Å². The summed E-state index contributed by atoms with van der Waals surface area (Å²) in [6.07, 6.45) is 0. The van der Waals surface area contributed by atoms with E-state index >= 15 is 0 Å². The van der Waals surface area contributed by atoms with Gasteiger partial charge in [0.2, 0.25) is 0 Å². The largest absolute Gasteiger partial charge is 0.480 e. The van der Waals surface area contributed by atoms with E-state index in [-0.39, 0.29) is 42.5 Å². The van der Waals surface area contributed by atoms with Crippen molar-refractivity contribution in [2.45, 2.75) is 0 Å². The Hall–Kier alpha value is -1.76. The summed E-state index contributed by atoms with van der Waals surface area (Å²) in [5.74, 6) is -4.91. The van der Waals surface area contributed by atoms with E-state index in [1.54, 1.807) is 0 Å². The zero-order chi connectivity index (χ0) is 15.7. The maximum atomic E-state index is 10.6. The second-order valence-corrected chi connectivity index (χ2v) is 4.00. The van der Waals surface area contributed by atoms with E-state index in [2.05, 4.69) is 0 Å². The second-order valence-electron chi connectivity index (χ2n) is 4.00. The monoisotopic (exact) mass is 384 g/mol. The first kappa shape index (κ1) is 29.3. The summed E-state index contributed by atoms with van der Waals surface area (Å²) in [5, 5.41) is 34.5. The first-order valence-electron chi connectivity index (χ1n) is 5.52. The molecule has 0 atom stereocenters. The SMILES string of the molecule is O=C(O)CN(CCN(CC(=O)O)CC(=O)O)CC(=O)O.[Fe].[NH4+].[NH4+]. The predicted molar refractivity (Wildman–Crippen MR) is 75.4 cm³/mol. The number of hydrogen-bond donors (Lipinski definition) is 6. The molecule has 12 nitrogen and oxygen atoms in total. The zero-order valence-electron chi connectivity index (χ0n) is 12.9. The Labute approximate surface area is 142 Å². The van der Waals surface area contributed by atoms with Crippen molar-refractivity contribution in [2.24, 2.45) is 0 Å². The molecule has 0 radical (unpaired) electrons. The summed E-state index contributed by atoms with van der Waals surface area (Å²) in [5.41, 5.74) is 0. The second kappa shape index (κ2) is 15.1. The van der Waals surface area contributed by atoms with Gasteiger partial charge in [0.15, 0.2) is 0 Å². The van der Waals surface area contributed by atoms with Crippen molar-refractivity contribution in [1.82, 2.24) is 22.1 Å². The number of carboxylic acid groups (broad SMARTS) is 4. The molecule has 138 valence electrons. The molecule has 0 aromatic carbocycles. The quantitative estimate of drug-likeness (QED) is 0.230. The molecule has 0 aliphatic heterocycles. The molecule has 23 heavy (non-hydrogen) atoms. The summed E-state index contributed by atoms with van der Waals surface area (Å²) in [4.78, 5) is 44.4. The molecule has 0 aromatic heterocycles. The number of hydrogen-bond acceptors (Lipinski definition) is 6. The molecule has 0 saturated carbocycles. The van der Waals surface area contributed by atoms with Gasteiger partial charge in [-0.15, -0.1) is 0 Å². The normalized spacial score (nSPS) is 9.30. The molecule has 0 aromatic rings. The van der Waals surface area contributed by atoms with Crippen LogP contribution in [0.3, 0.4) is 0 Å². The molecule has 0 spiro atoms. The molecule has 0 heterocycles. The number of carboxylic acids is 4. The van der Waals surface area contributed by atoms with Crippen molar-refractivity contribution in [1.29, 1.82) is 0 Å². The Morgan fingerprint density at radius 2 is 0.739 bits per heavy atom. The number of carbonyl (C=O) groups is 4. The van der Waals surface area contributed by atoms with E-state index in [1.165, 1.54) is 0 Å². The molecule has 0 unspecified atom stereocenters. The topological polar surface area (TPSA) is 229 Å². The molecule has 0 saturated heterocycles. The average molecular weight is 384 g/mol. The van der Waals surface area contributed by atoms with Crippen LogP contribution in [0.5, 0.6) is 0 Å². The van der Waals surface area contributed by atoms with Gasteiger partial charge in [0.25, 0.3) is 0 Å². The standard InChI is InChI=1S/C10H16N2O8.Fe.2H3N/c13-7(14)3-11(4-8(15)16)1-2-12(5-9(17)18)6-10(19)20;;;/h1-6H2,(H,13,14)(H,15,16)(H,17,18)(H,19,20);;2*1H3/p+2. The van der Waals surface area contributed by atoms with Crippen LogP contribution >= 0.6 is 0 Å². The van der Waals surface area contributed by atoms with Crippen molar-refractivity contribution in [3.05, 3.63) is 0 Å². The smallest absolute Gasteiger partial charge is 0.317 e. The Morgan fingerprint density at radius 1 is 0.565 bits per heavy atom. The summed E-state index contributed by atoms with van der Waals surface area (Å²) < 4.78 is 0. The third kappa shape index (κ3) is 18.2. The van der Waals surface area contributed by atoms with E-state index in [1.807, 2.05) is 0 Å². The van der Waals surface area contributed by atoms with Crippen LogP contribution in [0.4, 0.5) is 0 Å². The molecule has 0 amide bonds. The van der Waals surface area contributed by atoms with Gasteiger partial charge >= 0.3 is 23.9 Å². The summed E-state index contributed by atoms with van der Waals surface area (Å²) >= 11 is 0. The minimum absolute atomic E-state index is 0. The van der Waals surface area contributed by atoms with Gasteiger partial charge in [0.05, 0.1) is 26.2 Å². The van der Waals surface area contributed by atoms with E-state index in [9.17, 15) is 19.2 Å². The van der Waals surface area contributed by atoms with Gasteiger partial charge in [-0.2, -0.15) is 0 Å². The van der Waals surface area contributed by atoms with Gasteiger partial charge in [-0.1, -0.05) is 0 Å². The summed E-state index contributed by atoms with van der Waals surface area (Å²) in [7, 11) is 0. The van der Waals surface area contributed by atoms with Crippen LogP contribution < -0.4 is 12.3 Å². The van der Waals surface area contributed by atoms with Gasteiger partial charge in [-0.25, -0.2) is 0 Å². The maximum Gasteiger partial charge on any atom is 0.317 e. The fourth-order valence-corrected chi connectivity index (χ4v) is 1.48. The zero-order valence-corrected chi connectivity index (χ0v) is 14.0. The van der Waals surface area contributed by atoms with E-state index in [4.69, 9.17) is 20.4 Å². The number of nitrogens with zero attached hydrogens (tertiary/aromatic N) is 2. The van der Waals surface area contributed by atoms with Crippen molar-refractivity contribution in [3.8, 4) is 0 Å². The van der Waals surface area contributed by atoms with Crippen molar-refractivity contribution < 1.29 is 56.7 Å². The van der Waals surface area contributed by atoms with Crippen LogP contribution in [-0.4, -0.2) is 93.4 Å². The molecule has 0 rings (SSSR count).